The number of alkyl halides is 2. The predicted octanol–water partition coefficient (Wildman–Crippen LogP) is 4.69. The lowest BCUT2D eigenvalue weighted by atomic mass is 9.87. The van der Waals surface area contributed by atoms with Crippen molar-refractivity contribution >= 4 is 16.9 Å². The number of methoxy groups -OCH3 is 1. The second kappa shape index (κ2) is 9.16. The zero-order chi connectivity index (χ0) is 22.8. The molecule has 0 spiro atoms. The molecule has 0 saturated carbocycles. The maximum absolute atomic E-state index is 13.1. The maximum Gasteiger partial charge on any atom is 0.335 e. The molecule has 1 fully saturated rings. The summed E-state index contributed by atoms with van der Waals surface area (Å²) < 4.78 is 38.2. The number of hydrogen-bond donors (Lipinski definition) is 2. The maximum atomic E-state index is 13.1. The molecule has 2 aromatic carbocycles. The van der Waals surface area contributed by atoms with Crippen molar-refractivity contribution in [3.05, 3.63) is 59.3 Å². The third-order valence-electron chi connectivity index (χ3n) is 6.06. The van der Waals surface area contributed by atoms with Gasteiger partial charge in [0.15, 0.2) is 11.5 Å². The van der Waals surface area contributed by atoms with Crippen LogP contribution in [-0.2, 0) is 0 Å². The van der Waals surface area contributed by atoms with Crippen LogP contribution in [0.15, 0.2) is 42.6 Å². The van der Waals surface area contributed by atoms with Gasteiger partial charge in [-0.15, -0.1) is 0 Å². The Kier molecular flexibility index (Phi) is 6.32. The molecule has 2 heterocycles. The lowest BCUT2D eigenvalue weighted by Crippen LogP contribution is -2.45. The van der Waals surface area contributed by atoms with E-state index in [4.69, 9.17) is 9.47 Å². The summed E-state index contributed by atoms with van der Waals surface area (Å²) in [4.78, 5) is 16.2. The molecular weight excluding hydrogens is 418 g/mol. The molecule has 8 heteroatoms. The Hall–Kier alpha value is -3.13. The highest BCUT2D eigenvalue weighted by molar-refractivity contribution is 5.91. The first-order valence-electron chi connectivity index (χ1n) is 10.5. The second-order valence-electron chi connectivity index (χ2n) is 8.12. The number of halogens is 2. The third kappa shape index (κ3) is 4.41. The number of piperidine rings is 1. The van der Waals surface area contributed by atoms with Gasteiger partial charge in [0, 0.05) is 30.6 Å². The highest BCUT2D eigenvalue weighted by Gasteiger charge is 2.34. The molecule has 2 atom stereocenters. The summed E-state index contributed by atoms with van der Waals surface area (Å²) in [5, 5.41) is 10.1. The minimum atomic E-state index is -2.42. The number of aryl methyl sites for hydroxylation is 1. The van der Waals surface area contributed by atoms with E-state index >= 15 is 0 Å². The van der Waals surface area contributed by atoms with Crippen LogP contribution in [0, 0.1) is 6.92 Å². The van der Waals surface area contributed by atoms with E-state index < -0.39 is 12.4 Å². The molecule has 0 unspecified atom stereocenters. The molecule has 2 N–H and O–H groups in total. The molecule has 0 amide bonds. The molecule has 4 rings (SSSR count). The van der Waals surface area contributed by atoms with Gasteiger partial charge in [0.25, 0.3) is 6.43 Å². The monoisotopic (exact) mass is 444 g/mol. The molecule has 32 heavy (non-hydrogen) atoms. The van der Waals surface area contributed by atoms with Crippen molar-refractivity contribution in [3.63, 3.8) is 0 Å². The fraction of sp³-hybridized carbons (Fsp3) is 0.375. The van der Waals surface area contributed by atoms with E-state index in [9.17, 15) is 18.7 Å². The number of aromatic nitrogens is 1. The smallest absolute Gasteiger partial charge is 0.335 e. The van der Waals surface area contributed by atoms with E-state index in [1.807, 2.05) is 25.3 Å². The molecule has 170 valence electrons. The minimum absolute atomic E-state index is 0.181. The molecule has 1 saturated heterocycles. The number of aromatic amines is 1. The molecule has 0 aliphatic carbocycles. The summed E-state index contributed by atoms with van der Waals surface area (Å²) in [6.07, 6.45) is -0.299. The van der Waals surface area contributed by atoms with Crippen molar-refractivity contribution in [2.24, 2.45) is 0 Å². The largest absolute Gasteiger partial charge is 0.493 e. The Morgan fingerprint density at radius 3 is 2.69 bits per heavy atom. The van der Waals surface area contributed by atoms with Crippen molar-refractivity contribution in [1.29, 1.82) is 0 Å². The zero-order valence-corrected chi connectivity index (χ0v) is 18.0. The summed E-state index contributed by atoms with van der Waals surface area (Å²) in [5.41, 5.74) is 3.02. The van der Waals surface area contributed by atoms with Crippen molar-refractivity contribution in [2.75, 3.05) is 26.7 Å². The highest BCUT2D eigenvalue weighted by Crippen LogP contribution is 2.41. The van der Waals surface area contributed by atoms with Gasteiger partial charge in [-0.05, 0) is 48.7 Å². The van der Waals surface area contributed by atoms with Crippen molar-refractivity contribution in [2.45, 2.75) is 31.8 Å². The van der Waals surface area contributed by atoms with E-state index in [1.165, 1.54) is 12.1 Å². The topological polar surface area (TPSA) is 74.8 Å². The highest BCUT2D eigenvalue weighted by atomic mass is 19.3. The van der Waals surface area contributed by atoms with Crippen LogP contribution in [0.2, 0.25) is 0 Å². The number of aromatic carboxylic acids is 1. The summed E-state index contributed by atoms with van der Waals surface area (Å²) in [6.45, 7) is 2.57. The quantitative estimate of drug-likeness (QED) is 0.553. The van der Waals surface area contributed by atoms with Crippen LogP contribution in [0.1, 0.15) is 33.8 Å². The number of H-pyrrole nitrogens is 1. The molecule has 1 aliphatic rings. The molecule has 1 aliphatic heterocycles. The molecule has 1 aromatic heterocycles. The molecular formula is C24H26F2N2O4. The van der Waals surface area contributed by atoms with Crippen molar-refractivity contribution in [3.8, 4) is 11.5 Å². The second-order valence-corrected chi connectivity index (χ2v) is 8.12. The van der Waals surface area contributed by atoms with E-state index in [-0.39, 0.29) is 24.1 Å². The molecule has 3 aromatic rings. The van der Waals surface area contributed by atoms with Crippen LogP contribution in [-0.4, -0.2) is 60.2 Å². The first-order valence-corrected chi connectivity index (χ1v) is 10.5. The Labute approximate surface area is 184 Å². The van der Waals surface area contributed by atoms with Crippen LogP contribution < -0.4 is 9.47 Å². The van der Waals surface area contributed by atoms with Gasteiger partial charge in [0.1, 0.15) is 6.10 Å². The van der Waals surface area contributed by atoms with Gasteiger partial charge < -0.3 is 19.6 Å². The van der Waals surface area contributed by atoms with Gasteiger partial charge >= 0.3 is 5.97 Å². The fourth-order valence-corrected chi connectivity index (χ4v) is 4.47. The van der Waals surface area contributed by atoms with Crippen LogP contribution >= 0.6 is 0 Å². The number of rotatable bonds is 7. The fourth-order valence-electron chi connectivity index (χ4n) is 4.47. The van der Waals surface area contributed by atoms with Gasteiger partial charge in [-0.2, -0.15) is 0 Å². The minimum Gasteiger partial charge on any atom is -0.493 e. The number of likely N-dealkylation sites (tertiary alicyclic amines) is 1. The Morgan fingerprint density at radius 1 is 1.28 bits per heavy atom. The SMILES string of the molecule is COc1cc(C)c2[nH]ccc2c1O[C@@H]1CCN(CC(F)F)C[C@H]1c1ccc(C(=O)O)cc1. The predicted molar refractivity (Wildman–Crippen MR) is 117 cm³/mol. The molecule has 0 bridgehead atoms. The van der Waals surface area contributed by atoms with Gasteiger partial charge in [-0.25, -0.2) is 13.6 Å². The van der Waals surface area contributed by atoms with Crippen molar-refractivity contribution < 1.29 is 28.2 Å². The number of carboxylic acids is 1. The standard InChI is InChI=1S/C24H26F2N2O4/c1-14-11-20(31-2)23(17-7-9-27-22(14)17)32-19-8-10-28(13-21(25)26)12-18(19)15-3-5-16(6-4-15)24(29)30/h3-7,9,11,18-19,21,27H,8,10,12-13H2,1-2H3,(H,29,30)/t18-,19+/m0/s1. The summed E-state index contributed by atoms with van der Waals surface area (Å²) in [6, 6.07) is 10.4. The number of carbonyl (C=O) groups is 1. The lowest BCUT2D eigenvalue weighted by Gasteiger charge is -2.39. The van der Waals surface area contributed by atoms with E-state index in [2.05, 4.69) is 4.98 Å². The summed E-state index contributed by atoms with van der Waals surface area (Å²) >= 11 is 0. The number of hydrogen-bond acceptors (Lipinski definition) is 4. The molecule has 6 nitrogen and oxygen atoms in total. The van der Waals surface area contributed by atoms with E-state index in [1.54, 1.807) is 24.1 Å². The summed E-state index contributed by atoms with van der Waals surface area (Å²) in [7, 11) is 1.59. The Morgan fingerprint density at radius 2 is 2.03 bits per heavy atom. The van der Waals surface area contributed by atoms with Gasteiger partial charge in [0.05, 0.1) is 24.7 Å². The van der Waals surface area contributed by atoms with Crippen molar-refractivity contribution in [1.82, 2.24) is 9.88 Å². The average Bonchev–Trinajstić information content (AvgIpc) is 3.27. The number of benzene rings is 2. The normalized spacial score (nSPS) is 19.4. The first-order chi connectivity index (χ1) is 15.4. The number of carboxylic acid groups (broad SMARTS) is 1. The Balaban J connectivity index is 1.68. The zero-order valence-electron chi connectivity index (χ0n) is 18.0. The van der Waals surface area contributed by atoms with Crippen LogP contribution in [0.4, 0.5) is 8.78 Å². The molecule has 0 radical (unpaired) electrons. The van der Waals surface area contributed by atoms with Crippen LogP contribution in [0.25, 0.3) is 10.9 Å². The Bertz CT molecular complexity index is 1100. The van der Waals surface area contributed by atoms with Gasteiger partial charge in [-0.1, -0.05) is 12.1 Å². The number of nitrogens with zero attached hydrogens (tertiary/aromatic N) is 1. The number of nitrogens with one attached hydrogen (secondary N) is 1. The third-order valence-corrected chi connectivity index (χ3v) is 6.06. The van der Waals surface area contributed by atoms with E-state index in [0.29, 0.717) is 31.0 Å². The lowest BCUT2D eigenvalue weighted by molar-refractivity contribution is 0.0348. The summed E-state index contributed by atoms with van der Waals surface area (Å²) in [5.74, 6) is 0.0234. The van der Waals surface area contributed by atoms with E-state index in [0.717, 1.165) is 22.0 Å². The van der Waals surface area contributed by atoms with Crippen LogP contribution in [0.5, 0.6) is 11.5 Å². The van der Waals surface area contributed by atoms with Crippen LogP contribution in [0.3, 0.4) is 0 Å². The number of ether oxygens (including phenoxy) is 2. The number of fused-ring (bicyclic) bond motifs is 1. The first kappa shape index (κ1) is 22.1. The van der Waals surface area contributed by atoms with Gasteiger partial charge in [-0.3, -0.25) is 4.90 Å². The van der Waals surface area contributed by atoms with Gasteiger partial charge in [0.2, 0.25) is 0 Å². The average molecular weight is 444 g/mol.